The molecule has 5 heteroatoms. The van der Waals surface area contributed by atoms with Crippen LogP contribution in [0.1, 0.15) is 23.6 Å². The fourth-order valence-electron chi connectivity index (χ4n) is 2.44. The van der Waals surface area contributed by atoms with Gasteiger partial charge in [-0.15, -0.1) is 0 Å². The molecule has 1 aliphatic rings. The normalized spacial score (nSPS) is 18.3. The first-order valence-corrected chi connectivity index (χ1v) is 6.24. The highest BCUT2D eigenvalue weighted by Crippen LogP contribution is 2.29. The van der Waals surface area contributed by atoms with Crippen LogP contribution in [0.15, 0.2) is 36.9 Å². The summed E-state index contributed by atoms with van der Waals surface area (Å²) < 4.78 is 0. The van der Waals surface area contributed by atoms with E-state index in [1.807, 2.05) is 18.5 Å². The Hall–Kier alpha value is -2.48. The van der Waals surface area contributed by atoms with Crippen molar-refractivity contribution >= 4 is 5.82 Å². The molecule has 19 heavy (non-hydrogen) atoms. The first-order chi connectivity index (χ1) is 9.36. The van der Waals surface area contributed by atoms with Gasteiger partial charge in [0.05, 0.1) is 12.4 Å². The lowest BCUT2D eigenvalue weighted by Gasteiger charge is -2.17. The molecule has 0 saturated carbocycles. The monoisotopic (exact) mass is 251 g/mol. The summed E-state index contributed by atoms with van der Waals surface area (Å²) in [4.78, 5) is 14.6. The van der Waals surface area contributed by atoms with Gasteiger partial charge in [-0.1, -0.05) is 0 Å². The SMILES string of the molecule is N#Cc1cncc(N2CCC(c3ccncc3)C2)n1. The minimum absolute atomic E-state index is 0.366. The predicted molar refractivity (Wildman–Crippen MR) is 70.6 cm³/mol. The Balaban J connectivity index is 1.77. The molecule has 0 N–H and O–H groups in total. The molecule has 2 aromatic heterocycles. The Morgan fingerprint density at radius 3 is 2.84 bits per heavy atom. The molecule has 2 aromatic rings. The van der Waals surface area contributed by atoms with Crippen LogP contribution in [0.2, 0.25) is 0 Å². The molecule has 0 spiro atoms. The maximum atomic E-state index is 8.86. The summed E-state index contributed by atoms with van der Waals surface area (Å²) in [7, 11) is 0. The molecule has 0 bridgehead atoms. The Morgan fingerprint density at radius 2 is 2.05 bits per heavy atom. The first kappa shape index (κ1) is 11.6. The highest BCUT2D eigenvalue weighted by Gasteiger charge is 2.24. The van der Waals surface area contributed by atoms with Crippen molar-refractivity contribution in [3.63, 3.8) is 0 Å². The lowest BCUT2D eigenvalue weighted by molar-refractivity contribution is 0.772. The van der Waals surface area contributed by atoms with Gasteiger partial charge in [0.2, 0.25) is 0 Å². The average molecular weight is 251 g/mol. The zero-order valence-electron chi connectivity index (χ0n) is 10.4. The van der Waals surface area contributed by atoms with E-state index >= 15 is 0 Å². The maximum absolute atomic E-state index is 8.86. The summed E-state index contributed by atoms with van der Waals surface area (Å²) >= 11 is 0. The predicted octanol–water partition coefficient (Wildman–Crippen LogP) is 1.74. The van der Waals surface area contributed by atoms with E-state index in [0.717, 1.165) is 25.3 Å². The lowest BCUT2D eigenvalue weighted by atomic mass is 10.00. The fraction of sp³-hybridized carbons (Fsp3) is 0.286. The van der Waals surface area contributed by atoms with Crippen molar-refractivity contribution in [3.05, 3.63) is 48.2 Å². The first-order valence-electron chi connectivity index (χ1n) is 6.24. The third-order valence-electron chi connectivity index (χ3n) is 3.43. The van der Waals surface area contributed by atoms with Crippen LogP contribution in [-0.2, 0) is 0 Å². The van der Waals surface area contributed by atoms with Crippen LogP contribution in [0.5, 0.6) is 0 Å². The largest absolute Gasteiger partial charge is 0.355 e. The van der Waals surface area contributed by atoms with Gasteiger partial charge in [0.15, 0.2) is 5.69 Å². The number of aromatic nitrogens is 3. The summed E-state index contributed by atoms with van der Waals surface area (Å²) in [5.41, 5.74) is 1.67. The third kappa shape index (κ3) is 2.38. The van der Waals surface area contributed by atoms with Crippen LogP contribution in [0.3, 0.4) is 0 Å². The molecule has 1 unspecified atom stereocenters. The van der Waals surface area contributed by atoms with Gasteiger partial charge in [0, 0.05) is 31.4 Å². The molecular formula is C14H13N5. The van der Waals surface area contributed by atoms with E-state index in [4.69, 9.17) is 5.26 Å². The standard InChI is InChI=1S/C14H13N5/c15-7-13-8-17-9-14(18-13)19-6-3-12(10-19)11-1-4-16-5-2-11/h1-2,4-5,8-9,12H,3,6,10H2. The van der Waals surface area contributed by atoms with Gasteiger partial charge >= 0.3 is 0 Å². The number of nitrogens with zero attached hydrogens (tertiary/aromatic N) is 5. The zero-order chi connectivity index (χ0) is 13.1. The van der Waals surface area contributed by atoms with Crippen molar-refractivity contribution in [1.82, 2.24) is 15.0 Å². The Labute approximate surface area is 111 Å². The Kier molecular flexibility index (Phi) is 3.07. The second-order valence-electron chi connectivity index (χ2n) is 4.59. The molecule has 1 atom stereocenters. The highest BCUT2D eigenvalue weighted by atomic mass is 15.2. The van der Waals surface area contributed by atoms with E-state index in [2.05, 4.69) is 32.0 Å². The molecule has 5 nitrogen and oxygen atoms in total. The maximum Gasteiger partial charge on any atom is 0.161 e. The van der Waals surface area contributed by atoms with E-state index in [9.17, 15) is 0 Å². The van der Waals surface area contributed by atoms with Crippen LogP contribution in [0.4, 0.5) is 5.82 Å². The number of hydrogen-bond acceptors (Lipinski definition) is 5. The quantitative estimate of drug-likeness (QED) is 0.813. The van der Waals surface area contributed by atoms with Crippen LogP contribution in [-0.4, -0.2) is 28.0 Å². The minimum Gasteiger partial charge on any atom is -0.355 e. The summed E-state index contributed by atoms with van der Waals surface area (Å²) in [6, 6.07) is 6.15. The van der Waals surface area contributed by atoms with Crippen LogP contribution < -0.4 is 4.90 Å². The second-order valence-corrected chi connectivity index (χ2v) is 4.59. The molecule has 94 valence electrons. The van der Waals surface area contributed by atoms with Gasteiger partial charge in [0.25, 0.3) is 0 Å². The topological polar surface area (TPSA) is 65.7 Å². The van der Waals surface area contributed by atoms with Gasteiger partial charge in [-0.2, -0.15) is 5.26 Å². The average Bonchev–Trinajstić information content (AvgIpc) is 2.98. The van der Waals surface area contributed by atoms with E-state index in [0.29, 0.717) is 11.6 Å². The molecule has 0 amide bonds. The summed E-state index contributed by atoms with van der Waals surface area (Å²) in [6.07, 6.45) is 7.94. The molecule has 3 rings (SSSR count). The Bertz CT molecular complexity index is 605. The van der Waals surface area contributed by atoms with Crippen molar-refractivity contribution in [2.75, 3.05) is 18.0 Å². The molecule has 0 radical (unpaired) electrons. The van der Waals surface area contributed by atoms with Gasteiger partial charge in [-0.3, -0.25) is 9.97 Å². The van der Waals surface area contributed by atoms with Crippen molar-refractivity contribution in [2.24, 2.45) is 0 Å². The van der Waals surface area contributed by atoms with E-state index < -0.39 is 0 Å². The van der Waals surface area contributed by atoms with Crippen molar-refractivity contribution < 1.29 is 0 Å². The molecule has 0 aliphatic carbocycles. The molecule has 1 fully saturated rings. The summed E-state index contributed by atoms with van der Waals surface area (Å²) in [6.45, 7) is 1.85. The fourth-order valence-corrected chi connectivity index (χ4v) is 2.44. The van der Waals surface area contributed by atoms with Crippen LogP contribution >= 0.6 is 0 Å². The summed E-state index contributed by atoms with van der Waals surface area (Å²) in [5.74, 6) is 1.28. The Morgan fingerprint density at radius 1 is 1.21 bits per heavy atom. The van der Waals surface area contributed by atoms with Crippen molar-refractivity contribution in [3.8, 4) is 6.07 Å². The highest BCUT2D eigenvalue weighted by molar-refractivity contribution is 5.41. The number of rotatable bonds is 2. The van der Waals surface area contributed by atoms with E-state index in [1.54, 1.807) is 6.20 Å². The third-order valence-corrected chi connectivity index (χ3v) is 3.43. The smallest absolute Gasteiger partial charge is 0.161 e. The number of pyridine rings is 1. The zero-order valence-corrected chi connectivity index (χ0v) is 10.4. The van der Waals surface area contributed by atoms with Crippen LogP contribution in [0.25, 0.3) is 0 Å². The molecule has 1 saturated heterocycles. The summed E-state index contributed by atoms with van der Waals surface area (Å²) in [5, 5.41) is 8.86. The van der Waals surface area contributed by atoms with E-state index in [1.165, 1.54) is 11.8 Å². The van der Waals surface area contributed by atoms with Crippen molar-refractivity contribution in [1.29, 1.82) is 5.26 Å². The molecule has 3 heterocycles. The molecule has 0 aromatic carbocycles. The minimum atomic E-state index is 0.366. The molecular weight excluding hydrogens is 238 g/mol. The second kappa shape index (κ2) is 5.02. The van der Waals surface area contributed by atoms with Crippen LogP contribution in [0, 0.1) is 11.3 Å². The van der Waals surface area contributed by atoms with Gasteiger partial charge in [0.1, 0.15) is 11.9 Å². The number of anilines is 1. The van der Waals surface area contributed by atoms with E-state index in [-0.39, 0.29) is 0 Å². The van der Waals surface area contributed by atoms with Gasteiger partial charge in [-0.25, -0.2) is 4.98 Å². The van der Waals surface area contributed by atoms with Gasteiger partial charge < -0.3 is 4.90 Å². The van der Waals surface area contributed by atoms with Gasteiger partial charge in [-0.05, 0) is 24.1 Å². The number of hydrogen-bond donors (Lipinski definition) is 0. The number of nitriles is 1. The lowest BCUT2D eigenvalue weighted by Crippen LogP contribution is -2.20. The van der Waals surface area contributed by atoms with Crippen molar-refractivity contribution in [2.45, 2.75) is 12.3 Å². The molecule has 1 aliphatic heterocycles.